The van der Waals surface area contributed by atoms with Gasteiger partial charge in [-0.25, -0.2) is 0 Å². The summed E-state index contributed by atoms with van der Waals surface area (Å²) >= 11 is 0. The van der Waals surface area contributed by atoms with E-state index in [9.17, 15) is 0 Å². The third kappa shape index (κ3) is 2.34. The Hall–Kier alpha value is -3.52. The Morgan fingerprint density at radius 3 is 2.33 bits per heavy atom. The molecule has 2 N–H and O–H groups in total. The quantitative estimate of drug-likeness (QED) is 0.370. The number of benzene rings is 3. The van der Waals surface area contributed by atoms with Crippen molar-refractivity contribution in [2.24, 2.45) is 0 Å². The van der Waals surface area contributed by atoms with Gasteiger partial charge in [0.2, 0.25) is 0 Å². The van der Waals surface area contributed by atoms with Gasteiger partial charge in [-0.2, -0.15) is 0 Å². The van der Waals surface area contributed by atoms with Crippen LogP contribution in [-0.2, 0) is 6.42 Å². The Kier molecular flexibility index (Phi) is 2.97. The lowest BCUT2D eigenvalue weighted by atomic mass is 10.1. The average molecular weight is 346 g/mol. The molecule has 2 heteroatoms. The van der Waals surface area contributed by atoms with E-state index < -0.39 is 0 Å². The van der Waals surface area contributed by atoms with Crippen LogP contribution in [0.1, 0.15) is 16.8 Å². The molecule has 2 heterocycles. The standard InChI is InChI=1S/C25H18N2/c1-2-6-17-12-21(11-16(17)5-1)25-15-20-10-9-19(14-24(20)27-25)23-13-18-7-3-4-8-22(18)26-23/h1-11,13-15,26-27H,12H2. The second kappa shape index (κ2) is 5.49. The minimum Gasteiger partial charge on any atom is -0.355 e. The lowest BCUT2D eigenvalue weighted by Crippen LogP contribution is -1.85. The van der Waals surface area contributed by atoms with E-state index in [1.54, 1.807) is 0 Å². The Bertz CT molecular complexity index is 1310. The molecule has 0 saturated carbocycles. The van der Waals surface area contributed by atoms with Gasteiger partial charge in [0.25, 0.3) is 0 Å². The molecule has 1 aliphatic carbocycles. The number of hydrogen-bond acceptors (Lipinski definition) is 0. The SMILES string of the molecule is C1=C(c2cc3ccc(-c4cc5ccccc5[nH]4)cc3[nH]2)Cc2ccccc21. The number of aromatic nitrogens is 2. The van der Waals surface area contributed by atoms with Crippen molar-refractivity contribution in [2.75, 3.05) is 0 Å². The second-order valence-corrected chi connectivity index (χ2v) is 7.30. The summed E-state index contributed by atoms with van der Waals surface area (Å²) in [5.41, 5.74) is 10.0. The fourth-order valence-corrected chi connectivity index (χ4v) is 4.15. The first-order valence-corrected chi connectivity index (χ1v) is 9.33. The first-order valence-electron chi connectivity index (χ1n) is 9.33. The van der Waals surface area contributed by atoms with Gasteiger partial charge in [0, 0.05) is 45.2 Å². The molecule has 2 aromatic heterocycles. The third-order valence-corrected chi connectivity index (χ3v) is 5.58. The molecule has 0 radical (unpaired) electrons. The van der Waals surface area contributed by atoms with Gasteiger partial charge in [-0.05, 0) is 47.0 Å². The zero-order valence-electron chi connectivity index (χ0n) is 14.8. The highest BCUT2D eigenvalue weighted by molar-refractivity contribution is 5.94. The monoisotopic (exact) mass is 346 g/mol. The number of rotatable bonds is 2. The van der Waals surface area contributed by atoms with Gasteiger partial charge in [0.15, 0.2) is 0 Å². The average Bonchev–Trinajstić information content (AvgIpc) is 3.41. The van der Waals surface area contributed by atoms with Crippen LogP contribution in [0.4, 0.5) is 0 Å². The summed E-state index contributed by atoms with van der Waals surface area (Å²) in [4.78, 5) is 7.16. The number of allylic oxidation sites excluding steroid dienone is 1. The highest BCUT2D eigenvalue weighted by atomic mass is 14.7. The molecular weight excluding hydrogens is 328 g/mol. The van der Waals surface area contributed by atoms with Crippen LogP contribution in [0, 0.1) is 0 Å². The lowest BCUT2D eigenvalue weighted by molar-refractivity contribution is 1.28. The molecule has 6 rings (SSSR count). The van der Waals surface area contributed by atoms with E-state index in [0.717, 1.165) is 12.1 Å². The van der Waals surface area contributed by atoms with Gasteiger partial charge in [-0.1, -0.05) is 54.6 Å². The summed E-state index contributed by atoms with van der Waals surface area (Å²) in [6.45, 7) is 0. The minimum atomic E-state index is 0.998. The van der Waals surface area contributed by atoms with Crippen LogP contribution < -0.4 is 0 Å². The number of para-hydroxylation sites is 1. The highest BCUT2D eigenvalue weighted by Gasteiger charge is 2.15. The van der Waals surface area contributed by atoms with E-state index in [4.69, 9.17) is 0 Å². The summed E-state index contributed by atoms with van der Waals surface area (Å²) in [5.74, 6) is 0. The molecule has 5 aromatic rings. The lowest BCUT2D eigenvalue weighted by Gasteiger charge is -1.99. The largest absolute Gasteiger partial charge is 0.355 e. The molecular formula is C25H18N2. The van der Waals surface area contributed by atoms with Crippen LogP contribution in [-0.4, -0.2) is 9.97 Å². The maximum atomic E-state index is 3.63. The number of H-pyrrole nitrogens is 2. The van der Waals surface area contributed by atoms with Crippen molar-refractivity contribution in [1.29, 1.82) is 0 Å². The van der Waals surface area contributed by atoms with E-state index >= 15 is 0 Å². The van der Waals surface area contributed by atoms with Crippen molar-refractivity contribution in [3.05, 3.63) is 95.7 Å². The highest BCUT2D eigenvalue weighted by Crippen LogP contribution is 2.33. The van der Waals surface area contributed by atoms with Gasteiger partial charge in [-0.15, -0.1) is 0 Å². The van der Waals surface area contributed by atoms with Crippen LogP contribution in [0.2, 0.25) is 0 Å². The maximum Gasteiger partial charge on any atom is 0.0465 e. The molecule has 0 amide bonds. The number of hydrogen-bond donors (Lipinski definition) is 2. The van der Waals surface area contributed by atoms with E-state index in [1.165, 1.54) is 49.8 Å². The van der Waals surface area contributed by atoms with Crippen LogP contribution in [0.25, 0.3) is 44.7 Å². The topological polar surface area (TPSA) is 31.6 Å². The molecule has 3 aromatic carbocycles. The van der Waals surface area contributed by atoms with Gasteiger partial charge >= 0.3 is 0 Å². The van der Waals surface area contributed by atoms with Crippen molar-refractivity contribution in [1.82, 2.24) is 9.97 Å². The zero-order chi connectivity index (χ0) is 17.8. The normalized spacial score (nSPS) is 13.3. The molecule has 0 spiro atoms. The molecule has 0 saturated heterocycles. The minimum absolute atomic E-state index is 0.998. The summed E-state index contributed by atoms with van der Waals surface area (Å²) in [7, 11) is 0. The summed E-state index contributed by atoms with van der Waals surface area (Å²) in [5, 5.41) is 2.50. The second-order valence-electron chi connectivity index (χ2n) is 7.30. The van der Waals surface area contributed by atoms with Crippen molar-refractivity contribution < 1.29 is 0 Å². The van der Waals surface area contributed by atoms with Crippen LogP contribution >= 0.6 is 0 Å². The van der Waals surface area contributed by atoms with Crippen molar-refractivity contribution in [3.63, 3.8) is 0 Å². The molecule has 128 valence electrons. The van der Waals surface area contributed by atoms with Crippen molar-refractivity contribution in [3.8, 4) is 11.3 Å². The number of aromatic amines is 2. The van der Waals surface area contributed by atoms with Crippen LogP contribution in [0.3, 0.4) is 0 Å². The fraction of sp³-hybridized carbons (Fsp3) is 0.0400. The zero-order valence-corrected chi connectivity index (χ0v) is 14.8. The number of nitrogens with one attached hydrogen (secondary N) is 2. The molecule has 0 aliphatic heterocycles. The molecule has 0 fully saturated rings. The molecule has 0 atom stereocenters. The first kappa shape index (κ1) is 14.6. The van der Waals surface area contributed by atoms with Gasteiger partial charge in [-0.3, -0.25) is 0 Å². The first-order chi connectivity index (χ1) is 13.3. The van der Waals surface area contributed by atoms with E-state index in [0.29, 0.717) is 0 Å². The molecule has 2 nitrogen and oxygen atoms in total. The maximum absolute atomic E-state index is 3.63. The summed E-state index contributed by atoms with van der Waals surface area (Å²) < 4.78 is 0. The third-order valence-electron chi connectivity index (χ3n) is 5.58. The van der Waals surface area contributed by atoms with Crippen LogP contribution in [0.5, 0.6) is 0 Å². The summed E-state index contributed by atoms with van der Waals surface area (Å²) in [6.07, 6.45) is 3.30. The summed E-state index contributed by atoms with van der Waals surface area (Å²) in [6, 6.07) is 28.2. The smallest absolute Gasteiger partial charge is 0.0465 e. The van der Waals surface area contributed by atoms with Gasteiger partial charge in [0.05, 0.1) is 0 Å². The Labute approximate surface area is 157 Å². The van der Waals surface area contributed by atoms with Gasteiger partial charge in [0.1, 0.15) is 0 Å². The van der Waals surface area contributed by atoms with E-state index in [2.05, 4.69) is 94.9 Å². The predicted octanol–water partition coefficient (Wildman–Crippen LogP) is 6.41. The van der Waals surface area contributed by atoms with Crippen LogP contribution in [0.15, 0.2) is 78.9 Å². The Morgan fingerprint density at radius 2 is 1.41 bits per heavy atom. The molecule has 0 unspecified atom stereocenters. The van der Waals surface area contributed by atoms with E-state index in [1.807, 2.05) is 0 Å². The molecule has 0 bridgehead atoms. The Balaban J connectivity index is 1.41. The molecule has 27 heavy (non-hydrogen) atoms. The van der Waals surface area contributed by atoms with Crippen molar-refractivity contribution in [2.45, 2.75) is 6.42 Å². The molecule has 1 aliphatic rings. The van der Waals surface area contributed by atoms with E-state index in [-0.39, 0.29) is 0 Å². The fourth-order valence-electron chi connectivity index (χ4n) is 4.15. The van der Waals surface area contributed by atoms with Gasteiger partial charge < -0.3 is 9.97 Å². The van der Waals surface area contributed by atoms with Crippen molar-refractivity contribution >= 4 is 33.5 Å². The number of fused-ring (bicyclic) bond motifs is 3. The Morgan fingerprint density at radius 1 is 0.630 bits per heavy atom. The predicted molar refractivity (Wildman–Crippen MR) is 114 cm³/mol.